The summed E-state index contributed by atoms with van der Waals surface area (Å²) in [4.78, 5) is 4.47. The molecular formula is C13H18BrIN2OSi. The van der Waals surface area contributed by atoms with E-state index in [2.05, 4.69) is 79.8 Å². The fourth-order valence-corrected chi connectivity index (χ4v) is 3.55. The first-order valence-electron chi connectivity index (χ1n) is 6.25. The Morgan fingerprint density at radius 1 is 1.37 bits per heavy atom. The maximum atomic E-state index is 5.81. The molecule has 0 aliphatic carbocycles. The molecule has 0 radical (unpaired) electrons. The molecule has 0 aliphatic rings. The van der Waals surface area contributed by atoms with Gasteiger partial charge in [-0.1, -0.05) is 19.6 Å². The van der Waals surface area contributed by atoms with Gasteiger partial charge in [0.15, 0.2) is 0 Å². The zero-order valence-electron chi connectivity index (χ0n) is 11.4. The van der Waals surface area contributed by atoms with Gasteiger partial charge in [-0.05, 0) is 56.7 Å². The molecule has 0 aromatic carbocycles. The second-order valence-corrected chi connectivity index (χ2v) is 13.5. The van der Waals surface area contributed by atoms with Crippen LogP contribution in [0.3, 0.4) is 0 Å². The summed E-state index contributed by atoms with van der Waals surface area (Å²) in [7, 11) is -1.01. The van der Waals surface area contributed by atoms with E-state index in [4.69, 9.17) is 4.74 Å². The lowest BCUT2D eigenvalue weighted by atomic mass is 10.3. The number of rotatable bonds is 5. The largest absolute Gasteiger partial charge is 0.361 e. The summed E-state index contributed by atoms with van der Waals surface area (Å²) in [6.45, 7) is 8.52. The number of ether oxygens (including phenoxy) is 1. The summed E-state index contributed by atoms with van der Waals surface area (Å²) in [5.74, 6) is 0. The van der Waals surface area contributed by atoms with E-state index in [0.29, 0.717) is 6.73 Å². The molecule has 0 spiro atoms. The van der Waals surface area contributed by atoms with Gasteiger partial charge in [0.05, 0.1) is 3.70 Å². The molecule has 2 aromatic rings. The highest BCUT2D eigenvalue weighted by Gasteiger charge is 2.13. The van der Waals surface area contributed by atoms with Gasteiger partial charge in [0.25, 0.3) is 0 Å². The van der Waals surface area contributed by atoms with Crippen LogP contribution in [0.15, 0.2) is 22.8 Å². The predicted molar refractivity (Wildman–Crippen MR) is 94.3 cm³/mol. The first-order chi connectivity index (χ1) is 8.87. The first kappa shape index (κ1) is 15.5. The lowest BCUT2D eigenvalue weighted by Gasteiger charge is -2.16. The van der Waals surface area contributed by atoms with Crippen LogP contribution in [0.5, 0.6) is 0 Å². The van der Waals surface area contributed by atoms with E-state index in [1.807, 2.05) is 6.20 Å². The Bertz CT molecular complexity index is 580. The highest BCUT2D eigenvalue weighted by atomic mass is 127. The zero-order chi connectivity index (χ0) is 14.0. The Kier molecular flexibility index (Phi) is 5.08. The quantitative estimate of drug-likeness (QED) is 0.373. The lowest BCUT2D eigenvalue weighted by molar-refractivity contribution is 0.0883. The minimum atomic E-state index is -1.01. The Hall–Kier alpha value is 0.0769. The number of aromatic nitrogens is 2. The fraction of sp³-hybridized carbons (Fsp3) is 0.462. The Morgan fingerprint density at radius 3 is 2.79 bits per heavy atom. The van der Waals surface area contributed by atoms with Crippen molar-refractivity contribution in [3.8, 4) is 0 Å². The molecule has 0 unspecified atom stereocenters. The molecule has 3 nitrogen and oxygen atoms in total. The predicted octanol–water partition coefficient (Wildman–Crippen LogP) is 4.72. The van der Waals surface area contributed by atoms with Gasteiger partial charge in [-0.3, -0.25) is 4.57 Å². The van der Waals surface area contributed by atoms with Gasteiger partial charge in [-0.25, -0.2) is 4.98 Å². The number of pyridine rings is 1. The van der Waals surface area contributed by atoms with Gasteiger partial charge < -0.3 is 4.74 Å². The van der Waals surface area contributed by atoms with Crippen LogP contribution in [-0.4, -0.2) is 24.2 Å². The third-order valence-electron chi connectivity index (χ3n) is 2.87. The van der Waals surface area contributed by atoms with E-state index in [-0.39, 0.29) is 0 Å². The number of hydrogen-bond donors (Lipinski definition) is 0. The average molecular weight is 453 g/mol. The van der Waals surface area contributed by atoms with Gasteiger partial charge >= 0.3 is 0 Å². The maximum Gasteiger partial charge on any atom is 0.142 e. The van der Waals surface area contributed by atoms with Crippen molar-refractivity contribution >= 4 is 57.6 Å². The van der Waals surface area contributed by atoms with Crippen LogP contribution in [0.1, 0.15) is 0 Å². The van der Waals surface area contributed by atoms with E-state index in [9.17, 15) is 0 Å². The van der Waals surface area contributed by atoms with E-state index < -0.39 is 8.07 Å². The SMILES string of the molecule is C[Si](C)(C)CCOCn1c(I)cc2cc(Br)cnc21. The van der Waals surface area contributed by atoms with E-state index in [1.54, 1.807) is 0 Å². The highest BCUT2D eigenvalue weighted by molar-refractivity contribution is 14.1. The Morgan fingerprint density at radius 2 is 2.11 bits per heavy atom. The van der Waals surface area contributed by atoms with E-state index >= 15 is 0 Å². The molecule has 0 fully saturated rings. The molecule has 2 aromatic heterocycles. The summed E-state index contributed by atoms with van der Waals surface area (Å²) < 4.78 is 10.1. The van der Waals surface area contributed by atoms with Crippen LogP contribution >= 0.6 is 38.5 Å². The second-order valence-electron chi connectivity index (χ2n) is 5.81. The minimum absolute atomic E-state index is 0.584. The highest BCUT2D eigenvalue weighted by Crippen LogP contribution is 2.22. The van der Waals surface area contributed by atoms with E-state index in [0.717, 1.165) is 25.8 Å². The molecule has 6 heteroatoms. The zero-order valence-corrected chi connectivity index (χ0v) is 16.2. The molecule has 104 valence electrons. The van der Waals surface area contributed by atoms with Gasteiger partial charge in [-0.15, -0.1) is 0 Å². The standard InChI is InChI=1S/C13H18BrIN2OSi/c1-19(2,3)5-4-18-9-17-12(15)7-10-6-11(14)8-16-13(10)17/h6-8H,4-5,9H2,1-3H3. The fourth-order valence-electron chi connectivity index (χ4n) is 1.74. The smallest absolute Gasteiger partial charge is 0.142 e. The molecule has 0 amide bonds. The summed E-state index contributed by atoms with van der Waals surface area (Å²) in [6, 6.07) is 5.42. The van der Waals surface area contributed by atoms with Crippen molar-refractivity contribution in [2.45, 2.75) is 32.4 Å². The van der Waals surface area contributed by atoms with Crippen LogP contribution in [0.4, 0.5) is 0 Å². The van der Waals surface area contributed by atoms with Gasteiger partial charge in [-0.2, -0.15) is 0 Å². The number of hydrogen-bond acceptors (Lipinski definition) is 2. The molecule has 0 aliphatic heterocycles. The molecule has 0 saturated carbocycles. The maximum absolute atomic E-state index is 5.81. The topological polar surface area (TPSA) is 27.1 Å². The van der Waals surface area contributed by atoms with Crippen LogP contribution in [0.2, 0.25) is 25.7 Å². The molecule has 0 atom stereocenters. The first-order valence-corrected chi connectivity index (χ1v) is 11.8. The average Bonchev–Trinajstić information content (AvgIpc) is 2.58. The molecule has 2 rings (SSSR count). The van der Waals surface area contributed by atoms with Crippen molar-refractivity contribution in [2.75, 3.05) is 6.61 Å². The summed E-state index contributed by atoms with van der Waals surface area (Å²) in [6.07, 6.45) is 1.83. The molecule has 2 heterocycles. The van der Waals surface area contributed by atoms with Crippen LogP contribution < -0.4 is 0 Å². The van der Waals surface area contributed by atoms with Crippen molar-refractivity contribution in [3.63, 3.8) is 0 Å². The normalized spacial score (nSPS) is 12.3. The van der Waals surface area contributed by atoms with Crippen molar-refractivity contribution in [1.82, 2.24) is 9.55 Å². The Balaban J connectivity index is 2.06. The van der Waals surface area contributed by atoms with Crippen molar-refractivity contribution in [2.24, 2.45) is 0 Å². The number of nitrogens with zero attached hydrogens (tertiary/aromatic N) is 2. The lowest BCUT2D eigenvalue weighted by Crippen LogP contribution is -2.22. The molecule has 0 saturated heterocycles. The van der Waals surface area contributed by atoms with Crippen molar-refractivity contribution in [1.29, 1.82) is 0 Å². The summed E-state index contributed by atoms with van der Waals surface area (Å²) in [5.41, 5.74) is 0.987. The van der Waals surface area contributed by atoms with Gasteiger partial charge in [0, 0.05) is 30.7 Å². The summed E-state index contributed by atoms with van der Waals surface area (Å²) >= 11 is 5.78. The third kappa shape index (κ3) is 4.27. The molecular weight excluding hydrogens is 435 g/mol. The number of fused-ring (bicyclic) bond motifs is 1. The van der Waals surface area contributed by atoms with Gasteiger partial charge in [0.2, 0.25) is 0 Å². The summed E-state index contributed by atoms with van der Waals surface area (Å²) in [5, 5.41) is 1.15. The third-order valence-corrected chi connectivity index (χ3v) is 5.90. The van der Waals surface area contributed by atoms with Gasteiger partial charge in [0.1, 0.15) is 12.4 Å². The minimum Gasteiger partial charge on any atom is -0.361 e. The van der Waals surface area contributed by atoms with Crippen molar-refractivity contribution < 1.29 is 4.74 Å². The van der Waals surface area contributed by atoms with Crippen molar-refractivity contribution in [3.05, 3.63) is 26.5 Å². The van der Waals surface area contributed by atoms with Crippen LogP contribution in [0.25, 0.3) is 11.0 Å². The Labute approximate surface area is 137 Å². The monoisotopic (exact) mass is 452 g/mol. The molecule has 19 heavy (non-hydrogen) atoms. The van der Waals surface area contributed by atoms with Crippen LogP contribution in [0, 0.1) is 3.70 Å². The second kappa shape index (κ2) is 6.24. The van der Waals surface area contributed by atoms with E-state index in [1.165, 1.54) is 6.04 Å². The number of halogens is 2. The molecule has 0 bridgehead atoms. The van der Waals surface area contributed by atoms with Crippen LogP contribution in [-0.2, 0) is 11.5 Å². The molecule has 0 N–H and O–H groups in total.